The topological polar surface area (TPSA) is 133 Å². The Hall–Kier alpha value is -5.00. The zero-order valence-electron chi connectivity index (χ0n) is 40.9. The molecule has 4 heterocycles. The van der Waals surface area contributed by atoms with E-state index >= 15 is 0 Å². The molecule has 8 rings (SSSR count). The molecule has 0 atom stereocenters. The van der Waals surface area contributed by atoms with Gasteiger partial charge in [0.2, 0.25) is 0 Å². The zero-order chi connectivity index (χ0) is 50.1. The fraction of sp³-hybridized carbons (Fsp3) is 0.462. The average Bonchev–Trinajstić information content (AvgIpc) is 3.77. The Morgan fingerprint density at radius 3 is 1.54 bits per heavy atom. The Morgan fingerprint density at radius 2 is 1.07 bits per heavy atom. The van der Waals surface area contributed by atoms with Crippen molar-refractivity contribution in [2.24, 2.45) is 0 Å². The number of benzene rings is 4. The lowest BCUT2D eigenvalue weighted by Gasteiger charge is -2.43. The summed E-state index contributed by atoms with van der Waals surface area (Å²) in [6.45, 7) is 15.2. The smallest absolute Gasteiger partial charge is 0.410 e. The SMILES string of the molecule is CC(C)(C)OC(=O)N1CCC2(CC1)CN(c1ccc(Br)cc1)C(=O)N2.COc1cccc(CBr)c1.COc1cccc(CN2C(=O)N(c3ccc(Br)cc3)CC23CCN(C(=O)OC(C)(C)C)CC3)c1. The standard InChI is InChI=1S/C26H32BrN3O4.C18H24BrN3O3.C8H9BrO/c1-25(2,3)34-24(32)28-14-12-26(13-15-28)18-29(21-10-8-20(27)9-11-21)23(31)30(26)17-19-6-5-7-22(16-19)33-4;1-17(2,3)25-16(24)21-10-8-18(9-11-21)12-22(15(23)20-18)14-6-4-13(19)5-7-14;1-10-8-4-2-3-7(5-8)6-9/h5-11,16H,12-15,17-18H2,1-4H3;4-7H,8-12H2,1-3H3,(H,20,23);2-5H,6H2,1H3. The first-order valence-electron chi connectivity index (χ1n) is 23.1. The minimum atomic E-state index is -0.535. The van der Waals surface area contributed by atoms with Crippen molar-refractivity contribution in [3.63, 3.8) is 0 Å². The predicted molar refractivity (Wildman–Crippen MR) is 281 cm³/mol. The molecule has 0 aliphatic carbocycles. The summed E-state index contributed by atoms with van der Waals surface area (Å²) in [7, 11) is 3.32. The third kappa shape index (κ3) is 14.3. The van der Waals surface area contributed by atoms with Crippen LogP contribution in [0.5, 0.6) is 11.5 Å². The number of nitrogens with zero attached hydrogens (tertiary/aromatic N) is 5. The van der Waals surface area contributed by atoms with Gasteiger partial charge in [0.15, 0.2) is 0 Å². The van der Waals surface area contributed by atoms with Gasteiger partial charge in [-0.2, -0.15) is 0 Å². The number of ether oxygens (including phenoxy) is 4. The molecule has 6 amide bonds. The van der Waals surface area contributed by atoms with Gasteiger partial charge in [-0.15, -0.1) is 0 Å². The molecule has 1 N–H and O–H groups in total. The second kappa shape index (κ2) is 22.8. The molecule has 4 aromatic carbocycles. The van der Waals surface area contributed by atoms with Crippen molar-refractivity contribution >= 4 is 83.4 Å². The molecule has 0 radical (unpaired) electrons. The molecule has 0 bridgehead atoms. The second-order valence-corrected chi connectivity index (χ2v) is 22.1. The number of nitrogens with one attached hydrogen (secondary N) is 1. The lowest BCUT2D eigenvalue weighted by Crippen LogP contribution is -2.55. The number of urea groups is 2. The first-order chi connectivity index (χ1) is 32.6. The number of carbonyl (C=O) groups excluding carboxylic acids is 4. The van der Waals surface area contributed by atoms with Gasteiger partial charge in [-0.1, -0.05) is 72.1 Å². The van der Waals surface area contributed by atoms with Gasteiger partial charge in [-0.05, 0) is 151 Å². The van der Waals surface area contributed by atoms with Crippen LogP contribution in [0.2, 0.25) is 0 Å². The van der Waals surface area contributed by atoms with Crippen LogP contribution in [0.25, 0.3) is 0 Å². The summed E-state index contributed by atoms with van der Waals surface area (Å²) < 4.78 is 23.4. The second-order valence-electron chi connectivity index (χ2n) is 19.7. The summed E-state index contributed by atoms with van der Waals surface area (Å²) in [4.78, 5) is 60.1. The lowest BCUT2D eigenvalue weighted by molar-refractivity contribution is 0.00769. The van der Waals surface area contributed by atoms with Crippen molar-refractivity contribution in [2.45, 2.75) is 101 Å². The van der Waals surface area contributed by atoms with E-state index in [0.717, 1.165) is 55.6 Å². The van der Waals surface area contributed by atoms with E-state index in [2.05, 4.69) is 59.2 Å². The molecule has 4 aliphatic rings. The fourth-order valence-corrected chi connectivity index (χ4v) is 9.57. The summed E-state index contributed by atoms with van der Waals surface area (Å²) in [5.41, 5.74) is 2.33. The van der Waals surface area contributed by atoms with Crippen LogP contribution >= 0.6 is 47.8 Å². The molecule has 4 aromatic rings. The Morgan fingerprint density at radius 1 is 0.623 bits per heavy atom. The van der Waals surface area contributed by atoms with E-state index in [1.807, 2.05) is 142 Å². The molecule has 0 saturated carbocycles. The van der Waals surface area contributed by atoms with Crippen LogP contribution in [-0.4, -0.2) is 115 Å². The van der Waals surface area contributed by atoms with Crippen LogP contribution in [0.1, 0.15) is 78.4 Å². The molecule has 14 nitrogen and oxygen atoms in total. The number of alkyl halides is 1. The van der Waals surface area contributed by atoms with Gasteiger partial charge < -0.3 is 39.0 Å². The number of hydrogen-bond acceptors (Lipinski definition) is 8. The third-order valence-electron chi connectivity index (χ3n) is 12.3. The Kier molecular flexibility index (Phi) is 17.7. The van der Waals surface area contributed by atoms with E-state index in [-0.39, 0.29) is 35.3 Å². The Balaban J connectivity index is 0.000000195. The van der Waals surface area contributed by atoms with Crippen molar-refractivity contribution in [1.29, 1.82) is 0 Å². The highest BCUT2D eigenvalue weighted by Crippen LogP contribution is 2.40. The highest BCUT2D eigenvalue weighted by Gasteiger charge is 2.52. The van der Waals surface area contributed by atoms with Gasteiger partial charge in [-0.25, -0.2) is 19.2 Å². The molecule has 0 unspecified atom stereocenters. The van der Waals surface area contributed by atoms with Crippen molar-refractivity contribution in [1.82, 2.24) is 20.0 Å². The number of anilines is 2. The first-order valence-corrected chi connectivity index (χ1v) is 25.8. The minimum Gasteiger partial charge on any atom is -0.497 e. The van der Waals surface area contributed by atoms with Gasteiger partial charge in [-0.3, -0.25) is 9.80 Å². The number of rotatable bonds is 7. The quantitative estimate of drug-likeness (QED) is 0.181. The maximum absolute atomic E-state index is 13.7. The van der Waals surface area contributed by atoms with Crippen LogP contribution in [0.15, 0.2) is 106 Å². The summed E-state index contributed by atoms with van der Waals surface area (Å²) in [5, 5.41) is 4.02. The fourth-order valence-electron chi connectivity index (χ4n) is 8.69. The zero-order valence-corrected chi connectivity index (χ0v) is 45.6. The maximum atomic E-state index is 13.7. The molecule has 4 fully saturated rings. The van der Waals surface area contributed by atoms with E-state index in [4.69, 9.17) is 18.9 Å². The highest BCUT2D eigenvalue weighted by atomic mass is 79.9. The largest absolute Gasteiger partial charge is 0.497 e. The minimum absolute atomic E-state index is 0.0177. The number of piperidine rings is 2. The predicted octanol–water partition coefficient (Wildman–Crippen LogP) is 12.0. The molecule has 4 aliphatic heterocycles. The van der Waals surface area contributed by atoms with Crippen LogP contribution in [0.3, 0.4) is 0 Å². The molecule has 4 saturated heterocycles. The summed E-state index contributed by atoms with van der Waals surface area (Å²) in [6.07, 6.45) is 2.26. The lowest BCUT2D eigenvalue weighted by atomic mass is 9.86. The molecule has 0 aromatic heterocycles. The Bertz CT molecular complexity index is 2370. The number of likely N-dealkylation sites (tertiary alicyclic amines) is 2. The molecule has 372 valence electrons. The number of halogens is 3. The van der Waals surface area contributed by atoms with Crippen molar-refractivity contribution in [2.75, 3.05) is 63.3 Å². The van der Waals surface area contributed by atoms with Crippen molar-refractivity contribution in [3.05, 3.63) is 117 Å². The van der Waals surface area contributed by atoms with Crippen LogP contribution in [0.4, 0.5) is 30.6 Å². The summed E-state index contributed by atoms with van der Waals surface area (Å²) in [6, 6.07) is 31.3. The average molecular weight is 1140 g/mol. The van der Waals surface area contributed by atoms with E-state index < -0.39 is 11.2 Å². The van der Waals surface area contributed by atoms with E-state index in [1.54, 1.807) is 28.9 Å². The maximum Gasteiger partial charge on any atom is 0.410 e. The van der Waals surface area contributed by atoms with Gasteiger partial charge >= 0.3 is 24.2 Å². The molecular weight excluding hydrogens is 1080 g/mol. The van der Waals surface area contributed by atoms with Crippen LogP contribution in [0, 0.1) is 0 Å². The van der Waals surface area contributed by atoms with Crippen molar-refractivity contribution < 1.29 is 38.1 Å². The summed E-state index contributed by atoms with van der Waals surface area (Å²) in [5.74, 6) is 1.68. The first kappa shape index (κ1) is 53.4. The summed E-state index contributed by atoms with van der Waals surface area (Å²) >= 11 is 10.3. The van der Waals surface area contributed by atoms with E-state index in [0.29, 0.717) is 58.7 Å². The van der Waals surface area contributed by atoms with Gasteiger partial charge in [0.25, 0.3) is 0 Å². The molecule has 17 heteroatoms. The van der Waals surface area contributed by atoms with Gasteiger partial charge in [0.1, 0.15) is 22.7 Å². The highest BCUT2D eigenvalue weighted by molar-refractivity contribution is 9.10. The molecule has 69 heavy (non-hydrogen) atoms. The number of hydrogen-bond donors (Lipinski definition) is 1. The Labute approximate surface area is 432 Å². The molecular formula is C52H65Br3N6O8. The number of methoxy groups -OCH3 is 2. The van der Waals surface area contributed by atoms with Crippen LogP contribution < -0.4 is 24.6 Å². The van der Waals surface area contributed by atoms with Crippen molar-refractivity contribution in [3.8, 4) is 11.5 Å². The molecule has 2 spiro atoms. The van der Waals surface area contributed by atoms with E-state index in [1.165, 1.54) is 5.56 Å². The number of carbonyl (C=O) groups is 4. The number of amides is 6. The van der Waals surface area contributed by atoms with E-state index in [9.17, 15) is 19.2 Å². The van der Waals surface area contributed by atoms with Gasteiger partial charge in [0.05, 0.1) is 38.4 Å². The van der Waals surface area contributed by atoms with Gasteiger partial charge in [0, 0.05) is 58.4 Å². The monoisotopic (exact) mass is 1140 g/mol. The third-order valence-corrected chi connectivity index (χ3v) is 14.0. The van der Waals surface area contributed by atoms with Crippen LogP contribution in [-0.2, 0) is 21.3 Å². The normalized spacial score (nSPS) is 17.4.